The lowest BCUT2D eigenvalue weighted by Crippen LogP contribution is -2.16. The highest BCUT2D eigenvalue weighted by Gasteiger charge is 2.11. The molecule has 0 aliphatic heterocycles. The third-order valence-electron chi connectivity index (χ3n) is 6.21. The Kier molecular flexibility index (Phi) is 8.32. The number of hydrazone groups is 1. The Hall–Kier alpha value is -4.75. The molecule has 0 bridgehead atoms. The van der Waals surface area contributed by atoms with Gasteiger partial charge in [-0.05, 0) is 91.7 Å². The average Bonchev–Trinajstić information content (AvgIpc) is 3.58. The molecule has 0 fully saturated rings. The molecule has 2 aromatic heterocycles. The Morgan fingerprint density at radius 2 is 1.65 bits per heavy atom. The molecule has 202 valence electrons. The Morgan fingerprint density at radius 1 is 0.900 bits per heavy atom. The Morgan fingerprint density at radius 3 is 2.38 bits per heavy atom. The number of furan rings is 1. The third-order valence-corrected chi connectivity index (χ3v) is 6.50. The van der Waals surface area contributed by atoms with Crippen LogP contribution in [0.15, 0.2) is 107 Å². The summed E-state index contributed by atoms with van der Waals surface area (Å²) in [6.07, 6.45) is 1.50. The van der Waals surface area contributed by atoms with Gasteiger partial charge in [-0.15, -0.1) is 0 Å². The molecule has 0 aliphatic rings. The molecule has 2 heterocycles. The highest BCUT2D eigenvalue weighted by molar-refractivity contribution is 6.32. The van der Waals surface area contributed by atoms with Crippen molar-refractivity contribution in [1.29, 1.82) is 0 Å². The number of nitrogens with zero attached hydrogens (tertiary/aromatic N) is 2. The zero-order valence-electron chi connectivity index (χ0n) is 22.1. The van der Waals surface area contributed by atoms with Gasteiger partial charge in [0, 0.05) is 17.1 Å². The number of aromatic nitrogens is 1. The van der Waals surface area contributed by atoms with E-state index in [2.05, 4.69) is 41.1 Å². The monoisotopic (exact) mass is 553 g/mol. The summed E-state index contributed by atoms with van der Waals surface area (Å²) >= 11 is 6.35. The van der Waals surface area contributed by atoms with E-state index in [1.54, 1.807) is 30.3 Å². The van der Waals surface area contributed by atoms with Crippen molar-refractivity contribution >= 4 is 23.7 Å². The highest BCUT2D eigenvalue weighted by atomic mass is 35.5. The number of halogens is 1. The summed E-state index contributed by atoms with van der Waals surface area (Å²) in [5.41, 5.74) is 7.63. The van der Waals surface area contributed by atoms with Crippen LogP contribution in [-0.2, 0) is 13.2 Å². The van der Waals surface area contributed by atoms with E-state index in [0.717, 1.165) is 11.3 Å². The van der Waals surface area contributed by atoms with Crippen molar-refractivity contribution in [3.05, 3.63) is 136 Å². The van der Waals surface area contributed by atoms with Crippen molar-refractivity contribution in [2.45, 2.75) is 27.1 Å². The number of hydrogen-bond acceptors (Lipinski definition) is 5. The molecule has 5 rings (SSSR count). The molecule has 3 aromatic carbocycles. The number of benzene rings is 3. The minimum atomic E-state index is -0.474. The molecule has 8 heteroatoms. The van der Waals surface area contributed by atoms with Gasteiger partial charge in [0.15, 0.2) is 5.76 Å². The number of ether oxygens (including phenoxy) is 2. The van der Waals surface area contributed by atoms with Gasteiger partial charge in [-0.3, -0.25) is 4.79 Å². The fourth-order valence-corrected chi connectivity index (χ4v) is 4.41. The smallest absolute Gasteiger partial charge is 0.307 e. The first-order valence-electron chi connectivity index (χ1n) is 12.7. The van der Waals surface area contributed by atoms with Crippen LogP contribution < -0.4 is 14.9 Å². The Labute approximate surface area is 237 Å². The van der Waals surface area contributed by atoms with E-state index in [-0.39, 0.29) is 12.4 Å². The molecule has 0 unspecified atom stereocenters. The van der Waals surface area contributed by atoms with E-state index >= 15 is 0 Å². The lowest BCUT2D eigenvalue weighted by Gasteiger charge is -2.10. The molecule has 1 amide bonds. The van der Waals surface area contributed by atoms with Crippen LogP contribution in [0.4, 0.5) is 0 Å². The van der Waals surface area contributed by atoms with E-state index in [4.69, 9.17) is 25.5 Å². The van der Waals surface area contributed by atoms with Crippen molar-refractivity contribution in [1.82, 2.24) is 9.99 Å². The number of hydrogen-bond donors (Lipinski definition) is 1. The second kappa shape index (κ2) is 12.4. The second-order valence-electron chi connectivity index (χ2n) is 9.16. The summed E-state index contributed by atoms with van der Waals surface area (Å²) in [6, 6.07) is 30.4. The minimum Gasteiger partial charge on any atom is -0.487 e. The number of nitrogens with one attached hydrogen (secondary N) is 1. The van der Waals surface area contributed by atoms with Gasteiger partial charge in [0.25, 0.3) is 0 Å². The van der Waals surface area contributed by atoms with Crippen LogP contribution in [0, 0.1) is 13.8 Å². The molecule has 0 radical (unpaired) electrons. The summed E-state index contributed by atoms with van der Waals surface area (Å²) in [5.74, 6) is 1.45. The normalized spacial score (nSPS) is 11.1. The van der Waals surface area contributed by atoms with Gasteiger partial charge in [-0.25, -0.2) is 5.43 Å². The maximum atomic E-state index is 12.5. The van der Waals surface area contributed by atoms with Crippen molar-refractivity contribution in [2.24, 2.45) is 5.10 Å². The molecule has 5 aromatic rings. The lowest BCUT2D eigenvalue weighted by molar-refractivity contribution is 0.0923. The van der Waals surface area contributed by atoms with Crippen LogP contribution >= 0.6 is 11.6 Å². The average molecular weight is 554 g/mol. The predicted molar refractivity (Wildman–Crippen MR) is 156 cm³/mol. The van der Waals surface area contributed by atoms with E-state index in [0.29, 0.717) is 34.5 Å². The number of carbonyl (C=O) groups is 1. The van der Waals surface area contributed by atoms with Gasteiger partial charge >= 0.3 is 5.91 Å². The second-order valence-corrected chi connectivity index (χ2v) is 9.57. The largest absolute Gasteiger partial charge is 0.487 e. The SMILES string of the molecule is Cc1ccc(C)n1-c1ccc(OCc2ccc(C(=O)N/N=C/c3ccc(OCc4ccccc4)c(Cl)c3)o2)cc1. The maximum Gasteiger partial charge on any atom is 0.307 e. The van der Waals surface area contributed by atoms with Crippen LogP contribution in [0.25, 0.3) is 5.69 Å². The predicted octanol–water partition coefficient (Wildman–Crippen LogP) is 7.26. The topological polar surface area (TPSA) is 78.0 Å². The Balaban J connectivity index is 1.10. The first-order valence-corrected chi connectivity index (χ1v) is 13.1. The Bertz CT molecular complexity index is 1600. The van der Waals surface area contributed by atoms with Crippen LogP contribution in [0.2, 0.25) is 5.02 Å². The summed E-state index contributed by atoms with van der Waals surface area (Å²) in [5, 5.41) is 4.46. The van der Waals surface area contributed by atoms with E-state index in [1.165, 1.54) is 17.6 Å². The number of carbonyl (C=O) groups excluding carboxylic acids is 1. The van der Waals surface area contributed by atoms with E-state index in [9.17, 15) is 4.79 Å². The number of amides is 1. The molecular weight excluding hydrogens is 526 g/mol. The van der Waals surface area contributed by atoms with Crippen molar-refractivity contribution < 1.29 is 18.7 Å². The minimum absolute atomic E-state index is 0.132. The summed E-state index contributed by atoms with van der Waals surface area (Å²) in [4.78, 5) is 12.5. The van der Waals surface area contributed by atoms with Crippen LogP contribution in [0.1, 0.15) is 38.8 Å². The van der Waals surface area contributed by atoms with Crippen LogP contribution in [0.5, 0.6) is 11.5 Å². The van der Waals surface area contributed by atoms with Crippen LogP contribution in [0.3, 0.4) is 0 Å². The molecule has 0 spiro atoms. The van der Waals surface area contributed by atoms with Crippen LogP contribution in [-0.4, -0.2) is 16.7 Å². The molecule has 0 saturated carbocycles. The fourth-order valence-electron chi connectivity index (χ4n) is 4.17. The highest BCUT2D eigenvalue weighted by Crippen LogP contribution is 2.26. The first-order chi connectivity index (χ1) is 19.5. The fraction of sp³-hybridized carbons (Fsp3) is 0.125. The molecule has 1 N–H and O–H groups in total. The summed E-state index contributed by atoms with van der Waals surface area (Å²) < 4.78 is 19.4. The molecule has 0 atom stereocenters. The van der Waals surface area contributed by atoms with Gasteiger partial charge in [0.2, 0.25) is 0 Å². The summed E-state index contributed by atoms with van der Waals surface area (Å²) in [6.45, 7) is 4.75. The summed E-state index contributed by atoms with van der Waals surface area (Å²) in [7, 11) is 0. The maximum absolute atomic E-state index is 12.5. The number of rotatable bonds is 10. The zero-order chi connectivity index (χ0) is 27.9. The molecule has 40 heavy (non-hydrogen) atoms. The molecule has 0 aliphatic carbocycles. The first kappa shape index (κ1) is 26.8. The zero-order valence-corrected chi connectivity index (χ0v) is 22.9. The van der Waals surface area contributed by atoms with Crippen molar-refractivity contribution in [2.75, 3.05) is 0 Å². The molecule has 7 nitrogen and oxygen atoms in total. The van der Waals surface area contributed by atoms with Gasteiger partial charge in [0.1, 0.15) is 30.5 Å². The third kappa shape index (κ3) is 6.62. The van der Waals surface area contributed by atoms with E-state index in [1.807, 2.05) is 54.6 Å². The van der Waals surface area contributed by atoms with Gasteiger partial charge in [0.05, 0.1) is 11.2 Å². The quantitative estimate of drug-likeness (QED) is 0.146. The van der Waals surface area contributed by atoms with Gasteiger partial charge in [-0.2, -0.15) is 5.10 Å². The van der Waals surface area contributed by atoms with Gasteiger partial charge < -0.3 is 18.5 Å². The molecular formula is C32H28ClN3O4. The van der Waals surface area contributed by atoms with E-state index < -0.39 is 5.91 Å². The standard InChI is InChI=1S/C32H28ClN3O4/c1-22-8-9-23(2)36(22)26-11-13-27(14-12-26)38-21-28-15-17-31(40-28)32(37)35-34-19-25-10-16-30(29(33)18-25)39-20-24-6-4-3-5-7-24/h3-19H,20-21H2,1-2H3,(H,35,37)/b34-19+. The van der Waals surface area contributed by atoms with Crippen molar-refractivity contribution in [3.63, 3.8) is 0 Å². The lowest BCUT2D eigenvalue weighted by atomic mass is 10.2. The van der Waals surface area contributed by atoms with Gasteiger partial charge in [-0.1, -0.05) is 41.9 Å². The van der Waals surface area contributed by atoms with Crippen molar-refractivity contribution in [3.8, 4) is 17.2 Å². The molecule has 0 saturated heterocycles. The number of aryl methyl sites for hydroxylation is 2.